The lowest BCUT2D eigenvalue weighted by Crippen LogP contribution is -2.32. The molecular formula is C26H25BrN2O5. The van der Waals surface area contributed by atoms with E-state index in [1.54, 1.807) is 12.1 Å². The highest BCUT2D eigenvalue weighted by molar-refractivity contribution is 9.10. The highest BCUT2D eigenvalue weighted by Gasteiger charge is 2.61. The summed E-state index contributed by atoms with van der Waals surface area (Å²) in [6, 6.07) is 9.86. The average molecular weight is 525 g/mol. The van der Waals surface area contributed by atoms with Crippen molar-refractivity contribution in [3.05, 3.63) is 57.6 Å². The van der Waals surface area contributed by atoms with Gasteiger partial charge in [0.2, 0.25) is 11.8 Å². The molecule has 4 atom stereocenters. The molecule has 2 aliphatic carbocycles. The van der Waals surface area contributed by atoms with Gasteiger partial charge in [-0.1, -0.05) is 15.9 Å². The third-order valence-electron chi connectivity index (χ3n) is 7.34. The third-order valence-corrected chi connectivity index (χ3v) is 8.59. The van der Waals surface area contributed by atoms with Crippen LogP contribution in [-0.4, -0.2) is 30.3 Å². The number of aryl methyl sites for hydroxylation is 2. The van der Waals surface area contributed by atoms with E-state index in [0.29, 0.717) is 23.2 Å². The first-order valence-corrected chi connectivity index (χ1v) is 12.3. The zero-order valence-electron chi connectivity index (χ0n) is 19.0. The molecule has 1 heterocycles. The number of carbonyl (C=O) groups excluding carboxylic acids is 4. The Bertz CT molecular complexity index is 1160. The van der Waals surface area contributed by atoms with Gasteiger partial charge in [0.25, 0.3) is 5.91 Å². The summed E-state index contributed by atoms with van der Waals surface area (Å²) >= 11 is 3.49. The Morgan fingerprint density at radius 1 is 1.00 bits per heavy atom. The Labute approximate surface area is 206 Å². The molecule has 2 bridgehead atoms. The number of imide groups is 1. The zero-order chi connectivity index (χ0) is 24.1. The van der Waals surface area contributed by atoms with Crippen LogP contribution < -0.4 is 10.2 Å². The molecule has 0 aromatic heterocycles. The Hall–Kier alpha value is -3.00. The number of hydrogen-bond acceptors (Lipinski definition) is 5. The van der Waals surface area contributed by atoms with Gasteiger partial charge in [0, 0.05) is 10.2 Å². The summed E-state index contributed by atoms with van der Waals surface area (Å²) in [5.41, 5.74) is 3.31. The van der Waals surface area contributed by atoms with Crippen molar-refractivity contribution in [1.82, 2.24) is 0 Å². The number of ether oxygens (including phenoxy) is 1. The summed E-state index contributed by atoms with van der Waals surface area (Å²) in [6.45, 7) is 3.43. The lowest BCUT2D eigenvalue weighted by molar-refractivity contribution is -0.123. The summed E-state index contributed by atoms with van der Waals surface area (Å²) in [4.78, 5) is 51.8. The molecule has 2 aromatic rings. The van der Waals surface area contributed by atoms with Crippen LogP contribution in [-0.2, 0) is 19.1 Å². The van der Waals surface area contributed by atoms with Gasteiger partial charge in [-0.3, -0.25) is 19.3 Å². The van der Waals surface area contributed by atoms with Crippen LogP contribution in [0.2, 0.25) is 0 Å². The summed E-state index contributed by atoms with van der Waals surface area (Å²) < 4.78 is 6.12. The quantitative estimate of drug-likeness (QED) is 0.462. The summed E-state index contributed by atoms with van der Waals surface area (Å²) in [5.74, 6) is -1.07. The average Bonchev–Trinajstić information content (AvgIpc) is 3.49. The molecule has 7 nitrogen and oxygen atoms in total. The molecule has 8 heteroatoms. The molecule has 2 saturated carbocycles. The van der Waals surface area contributed by atoms with Gasteiger partial charge >= 0.3 is 5.97 Å². The van der Waals surface area contributed by atoms with Gasteiger partial charge < -0.3 is 10.1 Å². The molecule has 3 fully saturated rings. The van der Waals surface area contributed by atoms with Crippen LogP contribution in [0.3, 0.4) is 0 Å². The minimum absolute atomic E-state index is 0.118. The normalized spacial score (nSPS) is 25.0. The summed E-state index contributed by atoms with van der Waals surface area (Å²) in [7, 11) is 0. The number of hydrogen-bond donors (Lipinski definition) is 1. The third kappa shape index (κ3) is 3.83. The maximum absolute atomic E-state index is 13.0. The van der Waals surface area contributed by atoms with Gasteiger partial charge in [-0.25, -0.2) is 4.79 Å². The topological polar surface area (TPSA) is 92.8 Å². The highest BCUT2D eigenvalue weighted by atomic mass is 79.9. The fourth-order valence-electron chi connectivity index (χ4n) is 5.84. The summed E-state index contributed by atoms with van der Waals surface area (Å²) in [6.07, 6.45) is 3.04. The van der Waals surface area contributed by atoms with Crippen molar-refractivity contribution >= 4 is 51.0 Å². The van der Waals surface area contributed by atoms with E-state index < -0.39 is 18.5 Å². The van der Waals surface area contributed by atoms with Crippen LogP contribution in [0.5, 0.6) is 0 Å². The number of halogens is 1. The minimum Gasteiger partial charge on any atom is -0.452 e. The number of nitrogens with zero attached hydrogens (tertiary/aromatic N) is 1. The zero-order valence-corrected chi connectivity index (χ0v) is 20.6. The standard InChI is InChI=1S/C26H25BrN2O5/c1-13-9-18(10-14(2)23(13)27)28-20(30)12-34-26(33)15-5-7-19(8-6-15)29-24(31)21-16-3-4-17(11-16)22(21)25(29)32/h5-10,16-17,21-22H,3-4,11-12H2,1-2H3,(H,28,30)/t16-,17-,21-,22+/m0/s1. The van der Waals surface area contributed by atoms with Crippen LogP contribution in [0.4, 0.5) is 11.4 Å². The molecule has 176 valence electrons. The molecule has 1 N–H and O–H groups in total. The molecule has 3 amide bonds. The molecule has 34 heavy (non-hydrogen) atoms. The van der Waals surface area contributed by atoms with Crippen molar-refractivity contribution in [3.8, 4) is 0 Å². The van der Waals surface area contributed by atoms with E-state index >= 15 is 0 Å². The molecule has 5 rings (SSSR count). The first-order valence-electron chi connectivity index (χ1n) is 11.5. The van der Waals surface area contributed by atoms with E-state index in [1.165, 1.54) is 17.0 Å². The maximum atomic E-state index is 13.0. The van der Waals surface area contributed by atoms with Gasteiger partial charge in [0.1, 0.15) is 0 Å². The number of rotatable bonds is 5. The lowest BCUT2D eigenvalue weighted by atomic mass is 9.81. The van der Waals surface area contributed by atoms with Crippen LogP contribution in [0, 0.1) is 37.5 Å². The van der Waals surface area contributed by atoms with Crippen molar-refractivity contribution < 1.29 is 23.9 Å². The molecule has 2 aromatic carbocycles. The number of fused-ring (bicyclic) bond motifs is 5. The van der Waals surface area contributed by atoms with Gasteiger partial charge in [-0.2, -0.15) is 0 Å². The highest BCUT2D eigenvalue weighted by Crippen LogP contribution is 2.56. The first kappa shape index (κ1) is 22.8. The molecule has 0 unspecified atom stereocenters. The molecule has 1 saturated heterocycles. The Kier molecular flexibility index (Phi) is 5.80. The number of anilines is 2. The molecule has 1 aliphatic heterocycles. The van der Waals surface area contributed by atoms with E-state index in [-0.39, 0.29) is 29.2 Å². The molecule has 3 aliphatic rings. The Morgan fingerprint density at radius 3 is 2.12 bits per heavy atom. The summed E-state index contributed by atoms with van der Waals surface area (Å²) in [5, 5.41) is 2.73. The van der Waals surface area contributed by atoms with Crippen molar-refractivity contribution in [2.75, 3.05) is 16.8 Å². The smallest absolute Gasteiger partial charge is 0.338 e. The van der Waals surface area contributed by atoms with Crippen LogP contribution >= 0.6 is 15.9 Å². The number of nitrogens with one attached hydrogen (secondary N) is 1. The molecular weight excluding hydrogens is 500 g/mol. The Morgan fingerprint density at radius 2 is 1.56 bits per heavy atom. The van der Waals surface area contributed by atoms with Crippen molar-refractivity contribution in [1.29, 1.82) is 0 Å². The van der Waals surface area contributed by atoms with E-state index in [0.717, 1.165) is 34.9 Å². The Balaban J connectivity index is 1.20. The van der Waals surface area contributed by atoms with Crippen molar-refractivity contribution in [3.63, 3.8) is 0 Å². The van der Waals surface area contributed by atoms with Crippen molar-refractivity contribution in [2.45, 2.75) is 33.1 Å². The van der Waals surface area contributed by atoms with Crippen LogP contribution in [0.15, 0.2) is 40.9 Å². The van der Waals surface area contributed by atoms with Gasteiger partial charge in [-0.15, -0.1) is 0 Å². The second kappa shape index (κ2) is 8.65. The SMILES string of the molecule is Cc1cc(NC(=O)COC(=O)c2ccc(N3C(=O)[C@@H]4[C@H]5CC[C@@H](C5)[C@@H]4C3=O)cc2)cc(C)c1Br. The fraction of sp³-hybridized carbons (Fsp3) is 0.385. The largest absolute Gasteiger partial charge is 0.452 e. The second-order valence-electron chi connectivity index (χ2n) is 9.49. The predicted octanol–water partition coefficient (Wildman–Crippen LogP) is 4.40. The van der Waals surface area contributed by atoms with Gasteiger partial charge in [-0.05, 0) is 92.5 Å². The fourth-order valence-corrected chi connectivity index (χ4v) is 6.07. The van der Waals surface area contributed by atoms with E-state index in [4.69, 9.17) is 4.74 Å². The number of amides is 3. The number of esters is 1. The van der Waals surface area contributed by atoms with Crippen LogP contribution in [0.25, 0.3) is 0 Å². The van der Waals surface area contributed by atoms with E-state index in [9.17, 15) is 19.2 Å². The van der Waals surface area contributed by atoms with E-state index in [1.807, 2.05) is 26.0 Å². The van der Waals surface area contributed by atoms with Gasteiger partial charge in [0.15, 0.2) is 6.61 Å². The number of benzene rings is 2. The van der Waals surface area contributed by atoms with Crippen LogP contribution in [0.1, 0.15) is 40.7 Å². The van der Waals surface area contributed by atoms with E-state index in [2.05, 4.69) is 21.2 Å². The first-order chi connectivity index (χ1) is 16.2. The predicted molar refractivity (Wildman–Crippen MR) is 129 cm³/mol. The number of carbonyl (C=O) groups is 4. The minimum atomic E-state index is -0.654. The van der Waals surface area contributed by atoms with Crippen molar-refractivity contribution in [2.24, 2.45) is 23.7 Å². The maximum Gasteiger partial charge on any atom is 0.338 e. The molecule has 0 spiro atoms. The second-order valence-corrected chi connectivity index (χ2v) is 10.3. The monoisotopic (exact) mass is 524 g/mol. The molecule has 0 radical (unpaired) electrons. The lowest BCUT2D eigenvalue weighted by Gasteiger charge is -2.19. The van der Waals surface area contributed by atoms with Gasteiger partial charge in [0.05, 0.1) is 23.1 Å².